The fourth-order valence-corrected chi connectivity index (χ4v) is 3.98. The van der Waals surface area contributed by atoms with Gasteiger partial charge in [0.15, 0.2) is 11.3 Å². The summed E-state index contributed by atoms with van der Waals surface area (Å²) in [6, 6.07) is 7.46. The molecule has 2 nitrogen and oxygen atoms in total. The van der Waals surface area contributed by atoms with E-state index < -0.39 is 0 Å². The van der Waals surface area contributed by atoms with Gasteiger partial charge < -0.3 is 4.42 Å². The highest BCUT2D eigenvalue weighted by Gasteiger charge is 2.43. The third kappa shape index (κ3) is 2.62. The van der Waals surface area contributed by atoms with Crippen molar-refractivity contribution in [1.29, 1.82) is 0 Å². The minimum Gasteiger partial charge on any atom is -0.451 e. The van der Waals surface area contributed by atoms with Crippen molar-refractivity contribution in [2.75, 3.05) is 0 Å². The van der Waals surface area contributed by atoms with E-state index in [0.717, 1.165) is 37.5 Å². The molecule has 1 aliphatic carbocycles. The van der Waals surface area contributed by atoms with Crippen molar-refractivity contribution in [2.45, 2.75) is 46.0 Å². The Morgan fingerprint density at radius 1 is 1.33 bits per heavy atom. The van der Waals surface area contributed by atoms with Crippen LogP contribution in [0.4, 0.5) is 0 Å². The molecule has 3 rings (SSSR count). The largest absolute Gasteiger partial charge is 0.451 e. The Morgan fingerprint density at radius 3 is 2.67 bits per heavy atom. The minimum absolute atomic E-state index is 0.168. The molecular formula is C18H21ClO2. The van der Waals surface area contributed by atoms with E-state index >= 15 is 0 Å². The lowest BCUT2D eigenvalue weighted by Crippen LogP contribution is -2.29. The van der Waals surface area contributed by atoms with E-state index in [1.165, 1.54) is 0 Å². The number of benzene rings is 1. The Bertz CT molecular complexity index is 663. The Kier molecular flexibility index (Phi) is 3.83. The summed E-state index contributed by atoms with van der Waals surface area (Å²) >= 11 is 6.15. The Balaban J connectivity index is 2.00. The van der Waals surface area contributed by atoms with Crippen LogP contribution in [-0.4, -0.2) is 5.78 Å². The first-order valence-electron chi connectivity index (χ1n) is 7.75. The molecular weight excluding hydrogens is 284 g/mol. The average Bonchev–Trinajstić information content (AvgIpc) is 3.05. The molecule has 0 spiro atoms. The molecule has 0 bridgehead atoms. The van der Waals surface area contributed by atoms with Crippen LogP contribution in [-0.2, 0) is 0 Å². The summed E-state index contributed by atoms with van der Waals surface area (Å²) in [6.07, 6.45) is 5.18. The van der Waals surface area contributed by atoms with Crippen molar-refractivity contribution in [2.24, 2.45) is 11.3 Å². The predicted octanol–water partition coefficient (Wildman–Crippen LogP) is 5.88. The number of hydrogen-bond acceptors (Lipinski definition) is 2. The number of Topliss-reactive ketones (excluding diaryl/α,β-unsaturated/α-hetero) is 1. The molecule has 2 aromatic rings. The summed E-state index contributed by atoms with van der Waals surface area (Å²) in [4.78, 5) is 13.0. The zero-order valence-electron chi connectivity index (χ0n) is 12.6. The van der Waals surface area contributed by atoms with Gasteiger partial charge in [0.2, 0.25) is 5.78 Å². The monoisotopic (exact) mass is 304 g/mol. The van der Waals surface area contributed by atoms with E-state index in [4.69, 9.17) is 16.0 Å². The van der Waals surface area contributed by atoms with Crippen LogP contribution in [0, 0.1) is 11.3 Å². The smallest absolute Gasteiger partial charge is 0.204 e. The molecule has 0 unspecified atom stereocenters. The molecule has 0 saturated heterocycles. The van der Waals surface area contributed by atoms with Crippen molar-refractivity contribution in [3.8, 4) is 0 Å². The van der Waals surface area contributed by atoms with Crippen molar-refractivity contribution >= 4 is 28.4 Å². The maximum atomic E-state index is 13.0. The van der Waals surface area contributed by atoms with Gasteiger partial charge in [-0.2, -0.15) is 0 Å². The number of para-hydroxylation sites is 1. The summed E-state index contributed by atoms with van der Waals surface area (Å²) in [5.41, 5.74) is 0.398. The van der Waals surface area contributed by atoms with Crippen LogP contribution >= 0.6 is 11.6 Å². The number of halogens is 1. The van der Waals surface area contributed by atoms with Crippen molar-refractivity contribution in [3.63, 3.8) is 0 Å². The van der Waals surface area contributed by atoms with Crippen LogP contribution in [0.5, 0.6) is 0 Å². The van der Waals surface area contributed by atoms with E-state index in [1.54, 1.807) is 6.07 Å². The van der Waals surface area contributed by atoms with E-state index in [0.29, 0.717) is 22.3 Å². The second-order valence-electron chi connectivity index (χ2n) is 6.68. The molecule has 0 atom stereocenters. The van der Waals surface area contributed by atoms with Crippen LogP contribution in [0.2, 0.25) is 5.02 Å². The second-order valence-corrected chi connectivity index (χ2v) is 7.09. The Morgan fingerprint density at radius 2 is 2.05 bits per heavy atom. The first-order chi connectivity index (χ1) is 10.0. The van der Waals surface area contributed by atoms with Gasteiger partial charge >= 0.3 is 0 Å². The van der Waals surface area contributed by atoms with Crippen molar-refractivity contribution < 1.29 is 9.21 Å². The molecule has 0 N–H and O–H groups in total. The standard InChI is InChI=1S/C18H21ClO2/c1-12(2)11-18(8-3-4-9-18)17(20)15-10-13-6-5-7-14(19)16(13)21-15/h5-7,10,12H,3-4,8-9,11H2,1-2H3. The summed E-state index contributed by atoms with van der Waals surface area (Å²) in [5.74, 6) is 1.15. The highest BCUT2D eigenvalue weighted by molar-refractivity contribution is 6.34. The molecule has 1 saturated carbocycles. The maximum Gasteiger partial charge on any atom is 0.204 e. The number of ketones is 1. The molecule has 3 heteroatoms. The van der Waals surface area contributed by atoms with E-state index in [1.807, 2.05) is 18.2 Å². The normalized spacial score (nSPS) is 17.7. The first kappa shape index (κ1) is 14.6. The van der Waals surface area contributed by atoms with Crippen molar-refractivity contribution in [3.05, 3.63) is 35.0 Å². The van der Waals surface area contributed by atoms with Gasteiger partial charge in [0, 0.05) is 10.8 Å². The molecule has 1 fully saturated rings. The molecule has 112 valence electrons. The molecule has 0 radical (unpaired) electrons. The summed E-state index contributed by atoms with van der Waals surface area (Å²) in [5, 5.41) is 1.47. The molecule has 1 aromatic carbocycles. The maximum absolute atomic E-state index is 13.0. The van der Waals surface area contributed by atoms with Gasteiger partial charge in [-0.25, -0.2) is 0 Å². The van der Waals surface area contributed by atoms with Gasteiger partial charge in [-0.05, 0) is 37.3 Å². The van der Waals surface area contributed by atoms with E-state index in [-0.39, 0.29) is 11.2 Å². The molecule has 21 heavy (non-hydrogen) atoms. The van der Waals surface area contributed by atoms with Gasteiger partial charge in [0.25, 0.3) is 0 Å². The third-order valence-electron chi connectivity index (χ3n) is 4.56. The second kappa shape index (κ2) is 5.49. The quantitative estimate of drug-likeness (QED) is 0.661. The van der Waals surface area contributed by atoms with Gasteiger partial charge in [-0.3, -0.25) is 4.79 Å². The number of rotatable bonds is 4. The highest BCUT2D eigenvalue weighted by atomic mass is 35.5. The Hall–Kier alpha value is -1.28. The van der Waals surface area contributed by atoms with Crippen LogP contribution < -0.4 is 0 Å². The van der Waals surface area contributed by atoms with E-state index in [9.17, 15) is 4.79 Å². The lowest BCUT2D eigenvalue weighted by atomic mass is 9.74. The number of carbonyl (C=O) groups is 1. The first-order valence-corrected chi connectivity index (χ1v) is 8.12. The third-order valence-corrected chi connectivity index (χ3v) is 4.86. The molecule has 0 amide bonds. The fraction of sp³-hybridized carbons (Fsp3) is 0.500. The number of carbonyl (C=O) groups excluding carboxylic acids is 1. The molecule has 1 heterocycles. The highest BCUT2D eigenvalue weighted by Crippen LogP contribution is 2.46. The topological polar surface area (TPSA) is 30.2 Å². The lowest BCUT2D eigenvalue weighted by Gasteiger charge is -2.28. The molecule has 1 aliphatic rings. The number of fused-ring (bicyclic) bond motifs is 1. The number of furan rings is 1. The van der Waals surface area contributed by atoms with Crippen LogP contribution in [0.15, 0.2) is 28.7 Å². The summed E-state index contributed by atoms with van der Waals surface area (Å²) < 4.78 is 5.80. The fourth-order valence-electron chi connectivity index (χ4n) is 3.76. The summed E-state index contributed by atoms with van der Waals surface area (Å²) in [7, 11) is 0. The SMILES string of the molecule is CC(C)CC1(C(=O)c2cc3cccc(Cl)c3o2)CCCC1. The Labute approximate surface area is 130 Å². The number of hydrogen-bond donors (Lipinski definition) is 0. The van der Waals surface area contributed by atoms with Crippen LogP contribution in [0.1, 0.15) is 56.5 Å². The van der Waals surface area contributed by atoms with E-state index in [2.05, 4.69) is 13.8 Å². The van der Waals surface area contributed by atoms with Crippen molar-refractivity contribution in [1.82, 2.24) is 0 Å². The predicted molar refractivity (Wildman–Crippen MR) is 85.9 cm³/mol. The van der Waals surface area contributed by atoms with Crippen LogP contribution in [0.3, 0.4) is 0 Å². The zero-order chi connectivity index (χ0) is 15.0. The zero-order valence-corrected chi connectivity index (χ0v) is 13.4. The minimum atomic E-state index is -0.228. The molecule has 0 aliphatic heterocycles. The average molecular weight is 305 g/mol. The lowest BCUT2D eigenvalue weighted by molar-refractivity contribution is 0.0731. The van der Waals surface area contributed by atoms with Gasteiger partial charge in [-0.15, -0.1) is 0 Å². The van der Waals surface area contributed by atoms with Gasteiger partial charge in [-0.1, -0.05) is 50.4 Å². The molecule has 1 aromatic heterocycles. The van der Waals surface area contributed by atoms with Gasteiger partial charge in [0.1, 0.15) is 0 Å². The van der Waals surface area contributed by atoms with Crippen LogP contribution in [0.25, 0.3) is 11.0 Å². The van der Waals surface area contributed by atoms with Gasteiger partial charge in [0.05, 0.1) is 5.02 Å². The summed E-state index contributed by atoms with van der Waals surface area (Å²) in [6.45, 7) is 4.37.